The van der Waals surface area contributed by atoms with Crippen LogP contribution in [0.15, 0.2) is 144 Å². The van der Waals surface area contributed by atoms with E-state index in [4.69, 9.17) is 13.5 Å². The van der Waals surface area contributed by atoms with Crippen molar-refractivity contribution in [2.75, 3.05) is 0 Å². The summed E-state index contributed by atoms with van der Waals surface area (Å²) in [5.41, 5.74) is 15.0. The van der Waals surface area contributed by atoms with Crippen LogP contribution in [-0.2, 0) is 10.8 Å². The molecule has 0 unspecified atom stereocenters. The number of rotatable bonds is 6. The fraction of sp³-hybridized carbons (Fsp3) is 0.250. The first-order valence-corrected chi connectivity index (χ1v) is 22.5. The number of fused-ring (bicyclic) bond motifs is 7. The number of furan rings is 1. The molecule has 0 aliphatic carbocycles. The second-order valence-electron chi connectivity index (χ2n) is 20.3. The molecule has 0 spiro atoms. The summed E-state index contributed by atoms with van der Waals surface area (Å²) in [5, 5.41) is 5.73. The van der Waals surface area contributed by atoms with Gasteiger partial charge in [-0.1, -0.05) is 166 Å². The van der Waals surface area contributed by atoms with Gasteiger partial charge in [0.25, 0.3) is 0 Å². The van der Waals surface area contributed by atoms with Gasteiger partial charge in [0.1, 0.15) is 17.0 Å². The van der Waals surface area contributed by atoms with Crippen LogP contribution in [0.25, 0.3) is 93.8 Å². The first-order chi connectivity index (χ1) is 31.3. The molecule has 0 aliphatic rings. The summed E-state index contributed by atoms with van der Waals surface area (Å²) in [6.07, 6.45) is 0. The molecule has 0 fully saturated rings. The minimum atomic E-state index is -2.37. The smallest absolute Gasteiger partial charge is 0.149 e. The predicted molar refractivity (Wildman–Crippen MR) is 270 cm³/mol. The number of aromatic nitrogens is 2. The highest BCUT2D eigenvalue weighted by Crippen LogP contribution is 2.45. The minimum Gasteiger partial charge on any atom is -0.455 e. The van der Waals surface area contributed by atoms with Crippen molar-refractivity contribution in [3.63, 3.8) is 0 Å². The minimum absolute atomic E-state index is 0.0305. The molecule has 3 nitrogen and oxygen atoms in total. The Balaban J connectivity index is 1.18. The third-order valence-electron chi connectivity index (χ3n) is 13.1. The molecule has 0 amide bonds. The van der Waals surface area contributed by atoms with Crippen molar-refractivity contribution in [1.82, 2.24) is 9.55 Å². The molecule has 0 bridgehead atoms. The maximum atomic E-state index is 8.71. The van der Waals surface area contributed by atoms with Gasteiger partial charge < -0.3 is 4.42 Å². The summed E-state index contributed by atoms with van der Waals surface area (Å²) in [4.78, 5) is 5.39. The van der Waals surface area contributed by atoms with Gasteiger partial charge in [-0.15, -0.1) is 0 Å². The molecule has 0 N–H and O–H groups in total. The van der Waals surface area contributed by atoms with Crippen molar-refractivity contribution in [2.24, 2.45) is 0 Å². The summed E-state index contributed by atoms with van der Waals surface area (Å²) in [6.45, 7) is 20.4. The molecule has 10 rings (SSSR count). The molecule has 10 aromatic rings. The lowest BCUT2D eigenvalue weighted by molar-refractivity contribution is 0.569. The average molecular weight is 826 g/mol. The Morgan fingerprint density at radius 2 is 1.16 bits per heavy atom. The zero-order chi connectivity index (χ0) is 46.6. The van der Waals surface area contributed by atoms with E-state index in [9.17, 15) is 0 Å². The Bertz CT molecular complexity index is 3470. The van der Waals surface area contributed by atoms with Crippen LogP contribution in [-0.4, -0.2) is 9.55 Å². The summed E-state index contributed by atoms with van der Waals surface area (Å²) in [5.74, 6) is 1.03. The topological polar surface area (TPSA) is 31.0 Å². The van der Waals surface area contributed by atoms with Crippen molar-refractivity contribution in [2.45, 2.75) is 98.8 Å². The Kier molecular flexibility index (Phi) is 8.75. The number of nitrogens with zero attached hydrogens (tertiary/aromatic N) is 2. The lowest BCUT2D eigenvalue weighted by Crippen LogP contribution is -2.16. The fourth-order valence-corrected chi connectivity index (χ4v) is 9.49. The summed E-state index contributed by atoms with van der Waals surface area (Å²) in [7, 11) is 0. The van der Waals surface area contributed by atoms with Gasteiger partial charge in [0.05, 0.1) is 22.3 Å². The van der Waals surface area contributed by atoms with E-state index in [0.29, 0.717) is 22.4 Å². The number of aryl methyl sites for hydroxylation is 1. The fourth-order valence-electron chi connectivity index (χ4n) is 9.49. The van der Waals surface area contributed by atoms with Crippen LogP contribution in [0.3, 0.4) is 0 Å². The van der Waals surface area contributed by atoms with Gasteiger partial charge in [-0.05, 0) is 144 Å². The standard InChI is InChI=1S/C60H58N2O/c1-35(2)48-31-43(39-23-21-38(22-24-39)42-28-44(59(6,7)8)33-45(29-42)60(9,10)11)32-49(36(3)4)56(48)62-53-19-15-14-18-52(53)61-58(62)47-27-20-37(5)55-51-30-41-26-25-40-16-12-13-17-46(40)50(41)34-54(51)63-57(47)55/h12-36H,1-11H3/i5D3. The van der Waals surface area contributed by atoms with Crippen molar-refractivity contribution in [1.29, 1.82) is 0 Å². The monoisotopic (exact) mass is 825 g/mol. The molecule has 0 saturated heterocycles. The number of imidazole rings is 1. The third-order valence-corrected chi connectivity index (χ3v) is 13.1. The largest absolute Gasteiger partial charge is 0.455 e. The summed E-state index contributed by atoms with van der Waals surface area (Å²) < 4.78 is 35.4. The Labute approximate surface area is 376 Å². The quantitative estimate of drug-likeness (QED) is 0.156. The van der Waals surface area contributed by atoms with Gasteiger partial charge in [0.15, 0.2) is 0 Å². The van der Waals surface area contributed by atoms with Crippen LogP contribution in [0.4, 0.5) is 0 Å². The van der Waals surface area contributed by atoms with Crippen LogP contribution in [0.5, 0.6) is 0 Å². The van der Waals surface area contributed by atoms with Crippen molar-refractivity contribution in [3.05, 3.63) is 167 Å². The SMILES string of the molecule is [2H]C([2H])([2H])c1ccc(-c2nc3ccccc3n2-c2c(C(C)C)cc(-c3ccc(-c4cc(C(C)(C)C)cc(C(C)(C)C)c4)cc3)cc2C(C)C)c2oc3cc4c(ccc5ccccc54)cc3c12. The van der Waals surface area contributed by atoms with E-state index in [-0.39, 0.29) is 28.2 Å². The lowest BCUT2D eigenvalue weighted by Gasteiger charge is -2.26. The number of para-hydroxylation sites is 2. The second-order valence-corrected chi connectivity index (χ2v) is 20.3. The average Bonchev–Trinajstić information content (AvgIpc) is 3.85. The molecule has 2 aromatic heterocycles. The van der Waals surface area contributed by atoms with Gasteiger partial charge >= 0.3 is 0 Å². The third kappa shape index (κ3) is 6.94. The molecule has 3 heteroatoms. The maximum Gasteiger partial charge on any atom is 0.149 e. The zero-order valence-electron chi connectivity index (χ0n) is 41.2. The van der Waals surface area contributed by atoms with Gasteiger partial charge in [0.2, 0.25) is 0 Å². The van der Waals surface area contributed by atoms with E-state index in [2.05, 4.69) is 189 Å². The second kappa shape index (κ2) is 14.8. The predicted octanol–water partition coefficient (Wildman–Crippen LogP) is 17.4. The maximum absolute atomic E-state index is 8.71. The lowest BCUT2D eigenvalue weighted by atomic mass is 9.79. The number of hydrogen-bond acceptors (Lipinski definition) is 2. The molecule has 8 aromatic carbocycles. The molecule has 0 aliphatic heterocycles. The number of benzene rings is 8. The van der Waals surface area contributed by atoms with Crippen molar-refractivity contribution < 1.29 is 8.53 Å². The molecule has 2 heterocycles. The van der Waals surface area contributed by atoms with E-state index in [1.807, 2.05) is 18.2 Å². The summed E-state index contributed by atoms with van der Waals surface area (Å²) in [6, 6.07) is 49.6. The highest BCUT2D eigenvalue weighted by atomic mass is 16.3. The first kappa shape index (κ1) is 37.1. The van der Waals surface area contributed by atoms with Gasteiger partial charge in [0, 0.05) is 14.9 Å². The van der Waals surface area contributed by atoms with Gasteiger partial charge in [-0.25, -0.2) is 4.98 Å². The van der Waals surface area contributed by atoms with Crippen LogP contribution in [0, 0.1) is 6.85 Å². The van der Waals surface area contributed by atoms with E-state index in [1.165, 1.54) is 38.9 Å². The highest BCUT2D eigenvalue weighted by Gasteiger charge is 2.27. The van der Waals surface area contributed by atoms with Crippen LogP contribution in [0.2, 0.25) is 0 Å². The first-order valence-electron chi connectivity index (χ1n) is 24.0. The normalized spacial score (nSPS) is 13.6. The Morgan fingerprint density at radius 3 is 1.79 bits per heavy atom. The van der Waals surface area contributed by atoms with Crippen molar-refractivity contribution >= 4 is 54.5 Å². The molecule has 314 valence electrons. The van der Waals surface area contributed by atoms with E-state index < -0.39 is 6.85 Å². The highest BCUT2D eigenvalue weighted by molar-refractivity contribution is 6.18. The molecule has 0 saturated carbocycles. The Morgan fingerprint density at radius 1 is 0.556 bits per heavy atom. The van der Waals surface area contributed by atoms with E-state index >= 15 is 0 Å². The van der Waals surface area contributed by atoms with Crippen LogP contribution >= 0.6 is 0 Å². The molecular formula is C60H58N2O. The molecule has 0 atom stereocenters. The molecular weight excluding hydrogens is 765 g/mol. The number of hydrogen-bond donors (Lipinski definition) is 0. The van der Waals surface area contributed by atoms with Crippen LogP contribution < -0.4 is 0 Å². The van der Waals surface area contributed by atoms with E-state index in [0.717, 1.165) is 54.8 Å². The van der Waals surface area contributed by atoms with Crippen molar-refractivity contribution in [3.8, 4) is 39.3 Å². The molecule has 63 heavy (non-hydrogen) atoms. The Hall–Kier alpha value is -6.45. The van der Waals surface area contributed by atoms with E-state index in [1.54, 1.807) is 6.07 Å². The van der Waals surface area contributed by atoms with Crippen LogP contribution in [0.1, 0.15) is 113 Å². The zero-order valence-corrected chi connectivity index (χ0v) is 38.2. The van der Waals surface area contributed by atoms with Gasteiger partial charge in [-0.2, -0.15) is 0 Å². The van der Waals surface area contributed by atoms with Gasteiger partial charge in [-0.3, -0.25) is 4.57 Å². The summed E-state index contributed by atoms with van der Waals surface area (Å²) >= 11 is 0. The molecule has 0 radical (unpaired) electrons.